The number of nitrogens with one attached hydrogen (secondary N) is 2. The van der Waals surface area contributed by atoms with Crippen molar-refractivity contribution in [3.8, 4) is 0 Å². The topological polar surface area (TPSA) is 108 Å². The van der Waals surface area contributed by atoms with Gasteiger partial charge in [0.25, 0.3) is 11.2 Å². The molecule has 0 atom stereocenters. The fourth-order valence-corrected chi connectivity index (χ4v) is 2.11. The van der Waals surface area contributed by atoms with Crippen LogP contribution in [0.2, 0.25) is 0 Å². The van der Waals surface area contributed by atoms with E-state index in [2.05, 4.69) is 10.3 Å². The van der Waals surface area contributed by atoms with E-state index in [0.29, 0.717) is 29.8 Å². The molecule has 0 fully saturated rings. The number of aromatic amines is 1. The maximum Gasteiger partial charge on any atom is 0.274 e. The lowest BCUT2D eigenvalue weighted by atomic mass is 10.0. The third-order valence-corrected chi connectivity index (χ3v) is 3.23. The second-order valence-electron chi connectivity index (χ2n) is 4.81. The van der Waals surface area contributed by atoms with Crippen LogP contribution in [0.5, 0.6) is 0 Å². The average Bonchev–Trinajstić information content (AvgIpc) is 2.51. The molecule has 1 heterocycles. The van der Waals surface area contributed by atoms with E-state index in [0.717, 1.165) is 0 Å². The van der Waals surface area contributed by atoms with Gasteiger partial charge in [-0.3, -0.25) is 14.9 Å². The molecule has 22 heavy (non-hydrogen) atoms. The molecule has 0 saturated carbocycles. The molecule has 0 spiro atoms. The summed E-state index contributed by atoms with van der Waals surface area (Å²) in [5.41, 5.74) is 1.30. The van der Waals surface area contributed by atoms with Gasteiger partial charge < -0.3 is 15.4 Å². The summed E-state index contributed by atoms with van der Waals surface area (Å²) in [4.78, 5) is 25.0. The Bertz CT molecular complexity index is 712. The van der Waals surface area contributed by atoms with Crippen molar-refractivity contribution in [3.63, 3.8) is 0 Å². The Morgan fingerprint density at radius 1 is 1.27 bits per heavy atom. The highest BCUT2D eigenvalue weighted by Gasteiger charge is 2.16. The Kier molecular flexibility index (Phi) is 5.26. The molecule has 2 aromatic rings. The molecule has 0 aliphatic carbocycles. The monoisotopic (exact) mass is 303 g/mol. The van der Waals surface area contributed by atoms with Gasteiger partial charge in [0.05, 0.1) is 4.92 Å². The molecule has 116 valence electrons. The molecular formula is C15H17N3O4. The number of nitro groups is 1. The van der Waals surface area contributed by atoms with E-state index in [4.69, 9.17) is 5.11 Å². The van der Waals surface area contributed by atoms with Crippen molar-refractivity contribution >= 4 is 11.4 Å². The highest BCUT2D eigenvalue weighted by atomic mass is 16.6. The summed E-state index contributed by atoms with van der Waals surface area (Å²) in [5.74, 6) is 0. The van der Waals surface area contributed by atoms with Crippen LogP contribution in [0.15, 0.2) is 41.3 Å². The van der Waals surface area contributed by atoms with Gasteiger partial charge >= 0.3 is 0 Å². The molecule has 7 heteroatoms. The minimum atomic E-state index is -0.455. The van der Waals surface area contributed by atoms with Gasteiger partial charge in [0.1, 0.15) is 0 Å². The van der Waals surface area contributed by atoms with Crippen molar-refractivity contribution < 1.29 is 10.0 Å². The number of rotatable bonds is 7. The lowest BCUT2D eigenvalue weighted by Gasteiger charge is -2.08. The van der Waals surface area contributed by atoms with Gasteiger partial charge in [0.15, 0.2) is 0 Å². The number of nitro benzene ring substituents is 1. The predicted octanol–water partition coefficient (Wildman–Crippen LogP) is 1.67. The predicted molar refractivity (Wildman–Crippen MR) is 83.2 cm³/mol. The molecule has 0 aliphatic heterocycles. The van der Waals surface area contributed by atoms with Gasteiger partial charge in [-0.2, -0.15) is 0 Å². The van der Waals surface area contributed by atoms with Gasteiger partial charge in [0, 0.05) is 48.6 Å². The Labute approximate surface area is 126 Å². The van der Waals surface area contributed by atoms with E-state index in [-0.39, 0.29) is 24.3 Å². The Morgan fingerprint density at radius 2 is 2.09 bits per heavy atom. The molecule has 2 rings (SSSR count). The number of aliphatic hydroxyl groups is 1. The van der Waals surface area contributed by atoms with Crippen LogP contribution >= 0.6 is 0 Å². The Balaban J connectivity index is 2.26. The van der Waals surface area contributed by atoms with Crippen LogP contribution in [-0.4, -0.2) is 28.2 Å². The van der Waals surface area contributed by atoms with Crippen LogP contribution in [0.4, 0.5) is 11.4 Å². The number of pyridine rings is 1. The van der Waals surface area contributed by atoms with Crippen molar-refractivity contribution in [3.05, 3.63) is 68.1 Å². The van der Waals surface area contributed by atoms with Gasteiger partial charge in [0.2, 0.25) is 0 Å². The lowest BCUT2D eigenvalue weighted by molar-refractivity contribution is -0.385. The quantitative estimate of drug-likeness (QED) is 0.409. The smallest absolute Gasteiger partial charge is 0.274 e. The highest BCUT2D eigenvalue weighted by molar-refractivity contribution is 5.56. The third kappa shape index (κ3) is 3.92. The van der Waals surface area contributed by atoms with E-state index in [1.165, 1.54) is 12.3 Å². The number of hydrogen-bond acceptors (Lipinski definition) is 5. The van der Waals surface area contributed by atoms with Gasteiger partial charge in [-0.15, -0.1) is 0 Å². The molecule has 0 radical (unpaired) electrons. The van der Waals surface area contributed by atoms with Crippen LogP contribution in [0.3, 0.4) is 0 Å². The fraction of sp³-hybridized carbons (Fsp3) is 0.267. The summed E-state index contributed by atoms with van der Waals surface area (Å²) < 4.78 is 0. The maximum atomic E-state index is 11.7. The number of anilines is 1. The average molecular weight is 303 g/mol. The zero-order chi connectivity index (χ0) is 15.9. The van der Waals surface area contributed by atoms with Crippen molar-refractivity contribution in [1.82, 2.24) is 4.98 Å². The standard InChI is InChI=1S/C15H17N3O4/c19-8-2-7-16-13-5-4-11(14(10-13)18(21)22)9-12-3-1-6-17-15(12)20/h1,3-6,10,16,19H,2,7-9H2,(H,17,20). The summed E-state index contributed by atoms with van der Waals surface area (Å²) in [7, 11) is 0. The minimum absolute atomic E-state index is 0.0303. The second-order valence-corrected chi connectivity index (χ2v) is 4.81. The van der Waals surface area contributed by atoms with Crippen LogP contribution in [0.25, 0.3) is 0 Å². The first-order valence-electron chi connectivity index (χ1n) is 6.90. The zero-order valence-electron chi connectivity index (χ0n) is 11.9. The van der Waals surface area contributed by atoms with Gasteiger partial charge in [-0.25, -0.2) is 0 Å². The van der Waals surface area contributed by atoms with Crippen molar-refractivity contribution in [2.45, 2.75) is 12.8 Å². The molecule has 0 amide bonds. The van der Waals surface area contributed by atoms with E-state index in [1.54, 1.807) is 24.3 Å². The van der Waals surface area contributed by atoms with Crippen molar-refractivity contribution in [2.24, 2.45) is 0 Å². The number of aromatic nitrogens is 1. The lowest BCUT2D eigenvalue weighted by Crippen LogP contribution is -2.12. The maximum absolute atomic E-state index is 11.7. The van der Waals surface area contributed by atoms with Gasteiger partial charge in [-0.1, -0.05) is 6.07 Å². The Morgan fingerprint density at radius 3 is 2.77 bits per heavy atom. The largest absolute Gasteiger partial charge is 0.396 e. The third-order valence-electron chi connectivity index (χ3n) is 3.23. The number of hydrogen-bond donors (Lipinski definition) is 3. The summed E-state index contributed by atoms with van der Waals surface area (Å²) >= 11 is 0. The zero-order valence-corrected chi connectivity index (χ0v) is 11.9. The molecule has 0 aliphatic rings. The number of H-pyrrole nitrogens is 1. The first-order valence-corrected chi connectivity index (χ1v) is 6.90. The number of benzene rings is 1. The molecule has 0 unspecified atom stereocenters. The normalized spacial score (nSPS) is 10.4. The second kappa shape index (κ2) is 7.37. The van der Waals surface area contributed by atoms with Crippen LogP contribution in [0.1, 0.15) is 17.5 Å². The van der Waals surface area contributed by atoms with E-state index < -0.39 is 4.92 Å². The summed E-state index contributed by atoms with van der Waals surface area (Å²) in [6.07, 6.45) is 2.28. The van der Waals surface area contributed by atoms with Crippen LogP contribution in [-0.2, 0) is 6.42 Å². The number of nitrogens with zero attached hydrogens (tertiary/aromatic N) is 1. The molecule has 7 nitrogen and oxygen atoms in total. The van der Waals surface area contributed by atoms with Crippen molar-refractivity contribution in [2.75, 3.05) is 18.5 Å². The SMILES string of the molecule is O=c1[nH]cccc1Cc1ccc(NCCCO)cc1[N+](=O)[O-]. The molecule has 1 aromatic carbocycles. The number of aliphatic hydroxyl groups excluding tert-OH is 1. The van der Waals surface area contributed by atoms with Crippen molar-refractivity contribution in [1.29, 1.82) is 0 Å². The molecule has 0 bridgehead atoms. The summed E-state index contributed by atoms with van der Waals surface area (Å²) in [5, 5.41) is 23.0. The molecular weight excluding hydrogens is 286 g/mol. The van der Waals surface area contributed by atoms with Gasteiger partial charge in [-0.05, 0) is 24.6 Å². The van der Waals surface area contributed by atoms with E-state index in [1.807, 2.05) is 0 Å². The molecule has 1 aromatic heterocycles. The molecule has 3 N–H and O–H groups in total. The highest BCUT2D eigenvalue weighted by Crippen LogP contribution is 2.25. The first-order chi connectivity index (χ1) is 10.6. The van der Waals surface area contributed by atoms with E-state index in [9.17, 15) is 14.9 Å². The van der Waals surface area contributed by atoms with E-state index >= 15 is 0 Å². The first kappa shape index (κ1) is 15.7. The summed E-state index contributed by atoms with van der Waals surface area (Å²) in [6, 6.07) is 8.16. The van der Waals surface area contributed by atoms with Crippen LogP contribution in [0, 0.1) is 10.1 Å². The summed E-state index contributed by atoms with van der Waals surface area (Å²) in [6.45, 7) is 0.593. The fourth-order valence-electron chi connectivity index (χ4n) is 2.11. The molecule has 0 saturated heterocycles. The minimum Gasteiger partial charge on any atom is -0.396 e. The Hall–Kier alpha value is -2.67. The van der Waals surface area contributed by atoms with Crippen LogP contribution < -0.4 is 10.9 Å².